The molecule has 1 heterocycles. The number of rotatable bonds is 8. The molecule has 2 amide bonds. The summed E-state index contributed by atoms with van der Waals surface area (Å²) in [7, 11) is 1.34. The van der Waals surface area contributed by atoms with Crippen LogP contribution in [-0.4, -0.2) is 35.8 Å². The Morgan fingerprint density at radius 2 is 1.48 bits per heavy atom. The van der Waals surface area contributed by atoms with E-state index in [-0.39, 0.29) is 17.7 Å². The SMILES string of the molecule is COC(=O)C(C(C)C)N1Cc2ccc(-c3ccc(NC(=O)c4ccc(Oc5ccccc5)cc4)cc3)cc2C1=O. The molecule has 0 aliphatic carbocycles. The molecule has 0 saturated heterocycles. The van der Waals surface area contributed by atoms with E-state index < -0.39 is 12.0 Å². The normalized spacial score (nSPS) is 13.1. The number of hydrogen-bond acceptors (Lipinski definition) is 5. The van der Waals surface area contributed by atoms with Gasteiger partial charge in [-0.2, -0.15) is 0 Å². The molecule has 0 saturated carbocycles. The van der Waals surface area contributed by atoms with Gasteiger partial charge in [-0.3, -0.25) is 9.59 Å². The molecule has 0 bridgehead atoms. The second-order valence-corrected chi connectivity index (χ2v) is 9.99. The molecule has 1 aliphatic rings. The van der Waals surface area contributed by atoms with Crippen LogP contribution in [0.25, 0.3) is 11.1 Å². The van der Waals surface area contributed by atoms with Gasteiger partial charge in [0.15, 0.2) is 0 Å². The first kappa shape index (κ1) is 26.7. The van der Waals surface area contributed by atoms with Crippen molar-refractivity contribution in [3.63, 3.8) is 0 Å². The fourth-order valence-electron chi connectivity index (χ4n) is 4.86. The Labute approximate surface area is 233 Å². The van der Waals surface area contributed by atoms with E-state index in [1.54, 1.807) is 29.2 Å². The highest BCUT2D eigenvalue weighted by Gasteiger charge is 2.38. The van der Waals surface area contributed by atoms with Crippen LogP contribution in [0.5, 0.6) is 11.5 Å². The first-order chi connectivity index (χ1) is 19.3. The van der Waals surface area contributed by atoms with Gasteiger partial charge in [-0.25, -0.2) is 4.79 Å². The lowest BCUT2D eigenvalue weighted by molar-refractivity contribution is -0.147. The molecule has 0 spiro atoms. The van der Waals surface area contributed by atoms with Crippen LogP contribution in [0.1, 0.15) is 40.1 Å². The number of anilines is 1. The third-order valence-corrected chi connectivity index (χ3v) is 6.92. The molecular formula is C33H30N2O5. The number of para-hydroxylation sites is 1. The first-order valence-electron chi connectivity index (χ1n) is 13.1. The summed E-state index contributed by atoms with van der Waals surface area (Å²) in [5.41, 5.74) is 4.41. The Morgan fingerprint density at radius 1 is 0.825 bits per heavy atom. The zero-order valence-corrected chi connectivity index (χ0v) is 22.6. The van der Waals surface area contributed by atoms with Crippen molar-refractivity contribution < 1.29 is 23.9 Å². The fraction of sp³-hybridized carbons (Fsp3) is 0.182. The molecular weight excluding hydrogens is 504 g/mol. The van der Waals surface area contributed by atoms with E-state index in [4.69, 9.17) is 9.47 Å². The van der Waals surface area contributed by atoms with E-state index in [0.29, 0.717) is 29.1 Å². The summed E-state index contributed by atoms with van der Waals surface area (Å²) < 4.78 is 10.7. The standard InChI is InChI=1S/C33H30N2O5/c1-21(2)30(33(38)39-3)35-20-25-10-9-24(19-29(25)32(35)37)22-11-15-26(16-12-22)34-31(36)23-13-17-28(18-14-23)40-27-7-5-4-6-8-27/h4-19,21,30H,20H2,1-3H3,(H,34,36). The summed E-state index contributed by atoms with van der Waals surface area (Å²) in [5, 5.41) is 2.92. The van der Waals surface area contributed by atoms with Crippen molar-refractivity contribution in [2.45, 2.75) is 26.4 Å². The molecule has 5 rings (SSSR count). The van der Waals surface area contributed by atoms with Gasteiger partial charge >= 0.3 is 5.97 Å². The van der Waals surface area contributed by atoms with Gasteiger partial charge in [0.25, 0.3) is 11.8 Å². The highest BCUT2D eigenvalue weighted by atomic mass is 16.5. The van der Waals surface area contributed by atoms with Gasteiger partial charge in [-0.15, -0.1) is 0 Å². The van der Waals surface area contributed by atoms with Crippen molar-refractivity contribution in [2.75, 3.05) is 12.4 Å². The van der Waals surface area contributed by atoms with Crippen molar-refractivity contribution in [2.24, 2.45) is 5.92 Å². The largest absolute Gasteiger partial charge is 0.467 e. The highest BCUT2D eigenvalue weighted by molar-refractivity contribution is 6.04. The fourth-order valence-corrected chi connectivity index (χ4v) is 4.86. The molecule has 1 atom stereocenters. The van der Waals surface area contributed by atoms with Crippen LogP contribution in [0.15, 0.2) is 97.1 Å². The van der Waals surface area contributed by atoms with Gasteiger partial charge in [0.1, 0.15) is 17.5 Å². The van der Waals surface area contributed by atoms with Gasteiger partial charge in [0.05, 0.1) is 7.11 Å². The lowest BCUT2D eigenvalue weighted by Crippen LogP contribution is -2.45. The predicted molar refractivity (Wildman–Crippen MR) is 153 cm³/mol. The van der Waals surface area contributed by atoms with Gasteiger partial charge < -0.3 is 19.7 Å². The summed E-state index contributed by atoms with van der Waals surface area (Å²) in [5.74, 6) is 0.482. The molecule has 7 heteroatoms. The maximum absolute atomic E-state index is 13.2. The number of methoxy groups -OCH3 is 1. The van der Waals surface area contributed by atoms with Crippen molar-refractivity contribution in [3.8, 4) is 22.6 Å². The summed E-state index contributed by atoms with van der Waals surface area (Å²) in [6.45, 7) is 4.18. The number of ether oxygens (including phenoxy) is 2. The minimum atomic E-state index is -0.635. The summed E-state index contributed by atoms with van der Waals surface area (Å²) >= 11 is 0. The molecule has 0 aromatic heterocycles. The zero-order valence-electron chi connectivity index (χ0n) is 22.6. The van der Waals surface area contributed by atoms with Crippen LogP contribution in [0.3, 0.4) is 0 Å². The number of benzene rings is 4. The van der Waals surface area contributed by atoms with Crippen LogP contribution in [0, 0.1) is 5.92 Å². The molecule has 4 aromatic carbocycles. The van der Waals surface area contributed by atoms with Crippen LogP contribution >= 0.6 is 0 Å². The number of hydrogen-bond donors (Lipinski definition) is 1. The minimum Gasteiger partial charge on any atom is -0.467 e. The van der Waals surface area contributed by atoms with E-state index in [9.17, 15) is 14.4 Å². The zero-order chi connectivity index (χ0) is 28.2. The Balaban J connectivity index is 1.25. The van der Waals surface area contributed by atoms with Gasteiger partial charge in [0.2, 0.25) is 0 Å². The number of fused-ring (bicyclic) bond motifs is 1. The van der Waals surface area contributed by atoms with E-state index in [1.807, 2.05) is 86.6 Å². The van der Waals surface area contributed by atoms with Gasteiger partial charge in [-0.05, 0) is 77.2 Å². The Kier molecular flexibility index (Phi) is 7.64. The molecule has 0 radical (unpaired) electrons. The molecule has 0 fully saturated rings. The van der Waals surface area contributed by atoms with Crippen LogP contribution in [-0.2, 0) is 16.1 Å². The average Bonchev–Trinajstić information content (AvgIpc) is 3.29. The van der Waals surface area contributed by atoms with Crippen molar-refractivity contribution in [1.29, 1.82) is 0 Å². The highest BCUT2D eigenvalue weighted by Crippen LogP contribution is 2.32. The number of amides is 2. The third kappa shape index (κ3) is 5.59. The van der Waals surface area contributed by atoms with Crippen molar-refractivity contribution >= 4 is 23.5 Å². The van der Waals surface area contributed by atoms with Crippen molar-refractivity contribution in [3.05, 3.63) is 114 Å². The smallest absolute Gasteiger partial charge is 0.328 e. The monoisotopic (exact) mass is 534 g/mol. The average molecular weight is 535 g/mol. The molecule has 1 unspecified atom stereocenters. The van der Waals surface area contributed by atoms with Crippen LogP contribution < -0.4 is 10.1 Å². The van der Waals surface area contributed by atoms with E-state index in [1.165, 1.54) is 7.11 Å². The Bertz CT molecular complexity index is 1530. The quantitative estimate of drug-likeness (QED) is 0.259. The first-order valence-corrected chi connectivity index (χ1v) is 13.1. The van der Waals surface area contributed by atoms with Crippen LogP contribution in [0.2, 0.25) is 0 Å². The molecule has 1 N–H and O–H groups in total. The molecule has 40 heavy (non-hydrogen) atoms. The lowest BCUT2D eigenvalue weighted by atomic mass is 10.00. The Morgan fingerprint density at radius 3 is 2.12 bits per heavy atom. The topological polar surface area (TPSA) is 84.9 Å². The number of carbonyl (C=O) groups is 3. The lowest BCUT2D eigenvalue weighted by Gasteiger charge is -2.28. The predicted octanol–water partition coefficient (Wildman–Crippen LogP) is 6.55. The maximum Gasteiger partial charge on any atom is 0.328 e. The van der Waals surface area contributed by atoms with Gasteiger partial charge in [-0.1, -0.05) is 56.3 Å². The maximum atomic E-state index is 13.2. The summed E-state index contributed by atoms with van der Waals surface area (Å²) in [6, 6.07) is 29.0. The molecule has 1 aliphatic heterocycles. The third-order valence-electron chi connectivity index (χ3n) is 6.92. The number of nitrogens with one attached hydrogen (secondary N) is 1. The van der Waals surface area contributed by atoms with E-state index >= 15 is 0 Å². The van der Waals surface area contributed by atoms with Gasteiger partial charge in [0, 0.05) is 23.4 Å². The number of nitrogens with zero attached hydrogens (tertiary/aromatic N) is 1. The second-order valence-electron chi connectivity index (χ2n) is 9.99. The number of carbonyl (C=O) groups excluding carboxylic acids is 3. The number of esters is 1. The molecule has 7 nitrogen and oxygen atoms in total. The van der Waals surface area contributed by atoms with Crippen LogP contribution in [0.4, 0.5) is 5.69 Å². The molecule has 4 aromatic rings. The summed E-state index contributed by atoms with van der Waals surface area (Å²) in [4.78, 5) is 40.0. The summed E-state index contributed by atoms with van der Waals surface area (Å²) in [6.07, 6.45) is 0. The Hall–Kier alpha value is -4.91. The van der Waals surface area contributed by atoms with E-state index in [0.717, 1.165) is 22.4 Å². The van der Waals surface area contributed by atoms with E-state index in [2.05, 4.69) is 5.32 Å². The minimum absolute atomic E-state index is 0.0755. The molecule has 202 valence electrons. The second kappa shape index (κ2) is 11.5. The van der Waals surface area contributed by atoms with Crippen molar-refractivity contribution in [1.82, 2.24) is 4.90 Å².